The number of nitrogens with zero attached hydrogens (tertiary/aromatic N) is 2. The third kappa shape index (κ3) is 2.62. The van der Waals surface area contributed by atoms with Crippen LogP contribution in [0.2, 0.25) is 10.0 Å². The van der Waals surface area contributed by atoms with Gasteiger partial charge in [0.05, 0.1) is 10.0 Å². The third-order valence-corrected chi connectivity index (χ3v) is 3.51. The maximum Gasteiger partial charge on any atom is 0.121 e. The van der Waals surface area contributed by atoms with Gasteiger partial charge in [0.1, 0.15) is 10.1 Å². The molecule has 2 aromatic heterocycles. The minimum absolute atomic E-state index is 0.601. The van der Waals surface area contributed by atoms with Gasteiger partial charge < -0.3 is 0 Å². The smallest absolute Gasteiger partial charge is 0.121 e. The molecule has 0 aliphatic heterocycles. The molecule has 15 heavy (non-hydrogen) atoms. The summed E-state index contributed by atoms with van der Waals surface area (Å²) in [7, 11) is 0. The number of hydrogen-bond donors (Lipinski definition) is 0. The molecule has 0 aromatic carbocycles. The van der Waals surface area contributed by atoms with Crippen molar-refractivity contribution in [1.82, 2.24) is 9.97 Å². The minimum atomic E-state index is 0.601. The molecule has 2 heterocycles. The van der Waals surface area contributed by atoms with Crippen molar-refractivity contribution < 1.29 is 0 Å². The number of aromatic nitrogens is 2. The molecule has 0 radical (unpaired) electrons. The predicted molar refractivity (Wildman–Crippen MR) is 62.6 cm³/mol. The average molecular weight is 257 g/mol. The Morgan fingerprint density at radius 3 is 1.73 bits per heavy atom. The van der Waals surface area contributed by atoms with Gasteiger partial charge in [-0.15, -0.1) is 0 Å². The van der Waals surface area contributed by atoms with E-state index in [4.69, 9.17) is 23.2 Å². The van der Waals surface area contributed by atoms with E-state index in [-0.39, 0.29) is 0 Å². The van der Waals surface area contributed by atoms with Gasteiger partial charge in [-0.2, -0.15) is 0 Å². The van der Waals surface area contributed by atoms with Crippen LogP contribution in [0.1, 0.15) is 0 Å². The maximum atomic E-state index is 5.97. The molecule has 76 valence electrons. The Morgan fingerprint density at radius 2 is 1.33 bits per heavy atom. The Morgan fingerprint density at radius 1 is 0.867 bits per heavy atom. The second-order valence-electron chi connectivity index (χ2n) is 2.68. The van der Waals surface area contributed by atoms with E-state index in [2.05, 4.69) is 9.97 Å². The molecular weight excluding hydrogens is 251 g/mol. The van der Waals surface area contributed by atoms with Gasteiger partial charge in [0, 0.05) is 12.4 Å². The first-order chi connectivity index (χ1) is 7.27. The Bertz CT molecular complexity index is 433. The van der Waals surface area contributed by atoms with Gasteiger partial charge in [-0.1, -0.05) is 23.2 Å². The second-order valence-corrected chi connectivity index (χ2v) is 4.47. The van der Waals surface area contributed by atoms with Gasteiger partial charge in [-0.25, -0.2) is 9.97 Å². The van der Waals surface area contributed by atoms with Crippen LogP contribution in [0.5, 0.6) is 0 Å². The highest BCUT2D eigenvalue weighted by Crippen LogP contribution is 2.33. The third-order valence-electron chi connectivity index (χ3n) is 1.64. The summed E-state index contributed by atoms with van der Waals surface area (Å²) in [5.41, 5.74) is 0. The van der Waals surface area contributed by atoms with E-state index in [0.717, 1.165) is 0 Å². The fourth-order valence-electron chi connectivity index (χ4n) is 0.984. The quantitative estimate of drug-likeness (QED) is 0.815. The number of rotatable bonds is 2. The molecular formula is C10H6Cl2N2S. The van der Waals surface area contributed by atoms with Gasteiger partial charge in [0.2, 0.25) is 0 Å². The standard InChI is InChI=1S/C10H6Cl2N2S/c11-7-3-1-5-13-9(7)15-10-8(12)4-2-6-14-10/h1-6H. The Hall–Kier alpha value is -0.770. The highest BCUT2D eigenvalue weighted by molar-refractivity contribution is 7.99. The molecule has 0 saturated heterocycles. The fraction of sp³-hybridized carbons (Fsp3) is 0. The summed E-state index contributed by atoms with van der Waals surface area (Å²) < 4.78 is 0. The van der Waals surface area contributed by atoms with Crippen molar-refractivity contribution in [1.29, 1.82) is 0 Å². The van der Waals surface area contributed by atoms with Crippen LogP contribution in [-0.4, -0.2) is 9.97 Å². The summed E-state index contributed by atoms with van der Waals surface area (Å²) in [6.45, 7) is 0. The first-order valence-corrected chi connectivity index (χ1v) is 5.73. The number of pyridine rings is 2. The molecule has 2 aromatic rings. The van der Waals surface area contributed by atoms with E-state index < -0.39 is 0 Å². The van der Waals surface area contributed by atoms with Crippen LogP contribution < -0.4 is 0 Å². The average Bonchev–Trinajstić information content (AvgIpc) is 2.24. The lowest BCUT2D eigenvalue weighted by molar-refractivity contribution is 1.09. The van der Waals surface area contributed by atoms with Crippen LogP contribution in [-0.2, 0) is 0 Å². The van der Waals surface area contributed by atoms with E-state index in [0.29, 0.717) is 20.1 Å². The summed E-state index contributed by atoms with van der Waals surface area (Å²) in [5.74, 6) is 0. The summed E-state index contributed by atoms with van der Waals surface area (Å²) in [4.78, 5) is 8.29. The lowest BCUT2D eigenvalue weighted by Gasteiger charge is -2.02. The van der Waals surface area contributed by atoms with Gasteiger partial charge in [0.25, 0.3) is 0 Å². The summed E-state index contributed by atoms with van der Waals surface area (Å²) in [6.07, 6.45) is 3.37. The fourth-order valence-corrected chi connectivity index (χ4v) is 2.20. The molecule has 0 spiro atoms. The van der Waals surface area contributed by atoms with Gasteiger partial charge in [0.15, 0.2) is 0 Å². The maximum absolute atomic E-state index is 5.97. The molecule has 0 N–H and O–H groups in total. The zero-order valence-electron chi connectivity index (χ0n) is 7.52. The summed E-state index contributed by atoms with van der Waals surface area (Å²) in [6, 6.07) is 7.14. The molecule has 0 aliphatic rings. The van der Waals surface area contributed by atoms with Crippen molar-refractivity contribution in [3.05, 3.63) is 46.7 Å². The molecule has 0 bridgehead atoms. The molecule has 0 amide bonds. The summed E-state index contributed by atoms with van der Waals surface area (Å²) >= 11 is 13.3. The first kappa shape index (κ1) is 10.7. The minimum Gasteiger partial charge on any atom is -0.248 e. The molecule has 0 atom stereocenters. The van der Waals surface area contributed by atoms with Crippen molar-refractivity contribution in [3.63, 3.8) is 0 Å². The molecule has 0 saturated carbocycles. The van der Waals surface area contributed by atoms with E-state index in [1.54, 1.807) is 36.7 Å². The number of halogens is 2. The molecule has 2 rings (SSSR count). The van der Waals surface area contributed by atoms with Crippen molar-refractivity contribution in [2.45, 2.75) is 10.1 Å². The monoisotopic (exact) mass is 256 g/mol. The highest BCUT2D eigenvalue weighted by Gasteiger charge is 2.07. The van der Waals surface area contributed by atoms with Gasteiger partial charge >= 0.3 is 0 Å². The lowest BCUT2D eigenvalue weighted by Crippen LogP contribution is -1.84. The van der Waals surface area contributed by atoms with Crippen LogP contribution in [0.25, 0.3) is 0 Å². The summed E-state index contributed by atoms with van der Waals surface area (Å²) in [5, 5.41) is 2.62. The Kier molecular flexibility index (Phi) is 3.46. The second kappa shape index (κ2) is 4.84. The highest BCUT2D eigenvalue weighted by atomic mass is 35.5. The molecule has 0 aliphatic carbocycles. The first-order valence-electron chi connectivity index (χ1n) is 4.16. The number of hydrogen-bond acceptors (Lipinski definition) is 3. The molecule has 0 fully saturated rings. The van der Waals surface area contributed by atoms with Crippen molar-refractivity contribution in [3.8, 4) is 0 Å². The van der Waals surface area contributed by atoms with Crippen molar-refractivity contribution in [2.24, 2.45) is 0 Å². The zero-order valence-corrected chi connectivity index (χ0v) is 9.85. The van der Waals surface area contributed by atoms with Crippen LogP contribution in [0.4, 0.5) is 0 Å². The normalized spacial score (nSPS) is 10.3. The topological polar surface area (TPSA) is 25.8 Å². The van der Waals surface area contributed by atoms with E-state index in [9.17, 15) is 0 Å². The van der Waals surface area contributed by atoms with Crippen LogP contribution in [0.15, 0.2) is 46.7 Å². The largest absolute Gasteiger partial charge is 0.248 e. The van der Waals surface area contributed by atoms with E-state index in [1.807, 2.05) is 0 Å². The van der Waals surface area contributed by atoms with Crippen LogP contribution in [0.3, 0.4) is 0 Å². The molecule has 5 heteroatoms. The van der Waals surface area contributed by atoms with E-state index >= 15 is 0 Å². The molecule has 0 unspecified atom stereocenters. The molecule has 2 nitrogen and oxygen atoms in total. The predicted octanol–water partition coefficient (Wildman–Crippen LogP) is 3.93. The zero-order chi connectivity index (χ0) is 10.7. The van der Waals surface area contributed by atoms with Crippen molar-refractivity contribution >= 4 is 35.0 Å². The van der Waals surface area contributed by atoms with Crippen LogP contribution in [0, 0.1) is 0 Å². The van der Waals surface area contributed by atoms with E-state index in [1.165, 1.54) is 11.8 Å². The SMILES string of the molecule is Clc1cccnc1Sc1ncccc1Cl. The van der Waals surface area contributed by atoms with Crippen LogP contribution >= 0.6 is 35.0 Å². The Labute approximate surface area is 102 Å². The lowest BCUT2D eigenvalue weighted by atomic mass is 10.5. The van der Waals surface area contributed by atoms with Crippen molar-refractivity contribution in [2.75, 3.05) is 0 Å². The van der Waals surface area contributed by atoms with Gasteiger partial charge in [-0.3, -0.25) is 0 Å². The van der Waals surface area contributed by atoms with Gasteiger partial charge in [-0.05, 0) is 36.0 Å². The Balaban J connectivity index is 2.30.